The highest BCUT2D eigenvalue weighted by atomic mass is 79.9. The number of benzene rings is 1. The molecule has 0 amide bonds. The fourth-order valence-corrected chi connectivity index (χ4v) is 3.47. The number of nitrogens with zero attached hydrogens (tertiary/aromatic N) is 2. The lowest BCUT2D eigenvalue weighted by molar-refractivity contribution is 0.415. The van der Waals surface area contributed by atoms with Gasteiger partial charge in [0.2, 0.25) is 0 Å². The number of piperidine rings is 1. The lowest BCUT2D eigenvalue weighted by Crippen LogP contribution is -2.34. The van der Waals surface area contributed by atoms with Gasteiger partial charge in [-0.1, -0.05) is 15.9 Å². The van der Waals surface area contributed by atoms with Crippen LogP contribution in [0.15, 0.2) is 30.5 Å². The van der Waals surface area contributed by atoms with E-state index in [1.165, 1.54) is 23.6 Å². The number of hydrogen-bond donors (Lipinski definition) is 0. The van der Waals surface area contributed by atoms with Crippen LogP contribution in [0, 0.1) is 5.92 Å². The average Bonchev–Trinajstić information content (AvgIpc) is 2.54. The summed E-state index contributed by atoms with van der Waals surface area (Å²) in [5.41, 5.74) is 0. The highest BCUT2D eigenvalue weighted by Crippen LogP contribution is 2.30. The number of alkyl halides is 1. The molecule has 1 aromatic carbocycles. The third kappa shape index (κ3) is 2.62. The Morgan fingerprint density at radius 1 is 1.30 bits per heavy atom. The van der Waals surface area contributed by atoms with Gasteiger partial charge in [0.05, 0.1) is 7.11 Å². The first-order valence-electron chi connectivity index (χ1n) is 7.05. The fourth-order valence-electron chi connectivity index (χ4n) is 2.82. The highest BCUT2D eigenvalue weighted by Gasteiger charge is 2.20. The topological polar surface area (TPSA) is 25.4 Å². The molecule has 1 aliphatic rings. The van der Waals surface area contributed by atoms with Gasteiger partial charge in [-0.25, -0.2) is 4.98 Å². The maximum Gasteiger partial charge on any atom is 0.136 e. The van der Waals surface area contributed by atoms with Gasteiger partial charge in [-0.2, -0.15) is 0 Å². The maximum absolute atomic E-state index is 5.30. The van der Waals surface area contributed by atoms with E-state index in [4.69, 9.17) is 4.74 Å². The molecule has 2 heterocycles. The first kappa shape index (κ1) is 13.7. The smallest absolute Gasteiger partial charge is 0.136 e. The minimum absolute atomic E-state index is 0.807. The van der Waals surface area contributed by atoms with E-state index >= 15 is 0 Å². The first-order valence-corrected chi connectivity index (χ1v) is 8.17. The van der Waals surface area contributed by atoms with Crippen molar-refractivity contribution in [2.45, 2.75) is 12.8 Å². The molecule has 3 nitrogen and oxygen atoms in total. The third-order valence-electron chi connectivity index (χ3n) is 4.08. The second-order valence-electron chi connectivity index (χ2n) is 5.31. The molecule has 4 heteroatoms. The number of anilines is 1. The number of ether oxygens (including phenoxy) is 1. The Bertz CT molecular complexity index is 594. The van der Waals surface area contributed by atoms with Gasteiger partial charge < -0.3 is 9.64 Å². The minimum Gasteiger partial charge on any atom is -0.497 e. The fraction of sp³-hybridized carbons (Fsp3) is 0.438. The summed E-state index contributed by atoms with van der Waals surface area (Å²) < 4.78 is 5.30. The molecule has 0 saturated carbocycles. The summed E-state index contributed by atoms with van der Waals surface area (Å²) in [5.74, 6) is 2.81. The SMILES string of the molecule is COc1ccc2c(N3CCC(CBr)CC3)nccc2c1. The van der Waals surface area contributed by atoms with Crippen molar-refractivity contribution in [3.8, 4) is 5.75 Å². The molecule has 0 radical (unpaired) electrons. The van der Waals surface area contributed by atoms with E-state index in [1.54, 1.807) is 7.11 Å². The number of fused-ring (bicyclic) bond motifs is 1. The molecule has 0 N–H and O–H groups in total. The van der Waals surface area contributed by atoms with Gasteiger partial charge in [-0.3, -0.25) is 0 Å². The predicted molar refractivity (Wildman–Crippen MR) is 87.0 cm³/mol. The van der Waals surface area contributed by atoms with Crippen molar-refractivity contribution in [2.24, 2.45) is 5.92 Å². The molecular weight excluding hydrogens is 316 g/mol. The Morgan fingerprint density at radius 2 is 2.10 bits per heavy atom. The molecule has 1 aromatic heterocycles. The van der Waals surface area contributed by atoms with Crippen LogP contribution in [0.25, 0.3) is 10.8 Å². The van der Waals surface area contributed by atoms with E-state index in [2.05, 4.69) is 37.9 Å². The van der Waals surface area contributed by atoms with E-state index in [1.807, 2.05) is 18.3 Å². The first-order chi connectivity index (χ1) is 9.81. The van der Waals surface area contributed by atoms with Crippen molar-refractivity contribution >= 4 is 32.5 Å². The van der Waals surface area contributed by atoms with E-state index < -0.39 is 0 Å². The standard InChI is InChI=1S/C16H19BrN2O/c1-20-14-2-3-15-13(10-14)4-7-18-16(15)19-8-5-12(11-17)6-9-19/h2-4,7,10,12H,5-6,8-9,11H2,1H3. The lowest BCUT2D eigenvalue weighted by Gasteiger charge is -2.32. The summed E-state index contributed by atoms with van der Waals surface area (Å²) in [6.07, 6.45) is 4.37. The van der Waals surface area contributed by atoms with Crippen LogP contribution in [0.4, 0.5) is 5.82 Å². The summed E-state index contributed by atoms with van der Waals surface area (Å²) in [6.45, 7) is 2.18. The van der Waals surface area contributed by atoms with E-state index in [0.29, 0.717) is 0 Å². The van der Waals surface area contributed by atoms with E-state index in [9.17, 15) is 0 Å². The van der Waals surface area contributed by atoms with Gasteiger partial charge in [-0.05, 0) is 48.4 Å². The van der Waals surface area contributed by atoms with Crippen molar-refractivity contribution in [3.63, 3.8) is 0 Å². The van der Waals surface area contributed by atoms with Gasteiger partial charge in [0.1, 0.15) is 11.6 Å². The van der Waals surface area contributed by atoms with Crippen LogP contribution in [0.2, 0.25) is 0 Å². The van der Waals surface area contributed by atoms with E-state index in [0.717, 1.165) is 35.9 Å². The molecule has 0 bridgehead atoms. The monoisotopic (exact) mass is 334 g/mol. The molecule has 3 rings (SSSR count). The van der Waals surface area contributed by atoms with E-state index in [-0.39, 0.29) is 0 Å². The third-order valence-corrected chi connectivity index (χ3v) is 5.00. The zero-order valence-corrected chi connectivity index (χ0v) is 13.3. The van der Waals surface area contributed by atoms with Crippen LogP contribution in [-0.2, 0) is 0 Å². The quantitative estimate of drug-likeness (QED) is 0.797. The van der Waals surface area contributed by atoms with Crippen LogP contribution in [0.5, 0.6) is 5.75 Å². The number of pyridine rings is 1. The van der Waals surface area contributed by atoms with Crippen molar-refractivity contribution in [3.05, 3.63) is 30.5 Å². The molecule has 0 spiro atoms. The molecular formula is C16H19BrN2O. The van der Waals surface area contributed by atoms with Crippen LogP contribution in [0.1, 0.15) is 12.8 Å². The largest absolute Gasteiger partial charge is 0.497 e. The van der Waals surface area contributed by atoms with Crippen LogP contribution >= 0.6 is 15.9 Å². The molecule has 1 aliphatic heterocycles. The molecule has 0 unspecified atom stereocenters. The summed E-state index contributed by atoms with van der Waals surface area (Å²) in [7, 11) is 1.70. The number of halogens is 1. The Balaban J connectivity index is 1.92. The summed E-state index contributed by atoms with van der Waals surface area (Å²) in [5, 5.41) is 3.52. The molecule has 1 fully saturated rings. The predicted octanol–water partition coefficient (Wildman–Crippen LogP) is 3.85. The molecule has 106 valence electrons. The average molecular weight is 335 g/mol. The maximum atomic E-state index is 5.30. The summed E-state index contributed by atoms with van der Waals surface area (Å²) in [4.78, 5) is 7.02. The normalized spacial score (nSPS) is 16.6. The van der Waals surface area contributed by atoms with Crippen molar-refractivity contribution in [1.29, 1.82) is 0 Å². The van der Waals surface area contributed by atoms with Crippen LogP contribution in [0.3, 0.4) is 0 Å². The van der Waals surface area contributed by atoms with Crippen molar-refractivity contribution in [1.82, 2.24) is 4.98 Å². The number of aromatic nitrogens is 1. The molecule has 20 heavy (non-hydrogen) atoms. The second kappa shape index (κ2) is 6.00. The minimum atomic E-state index is 0.807. The van der Waals surface area contributed by atoms with Crippen LogP contribution < -0.4 is 9.64 Å². The lowest BCUT2D eigenvalue weighted by atomic mass is 9.99. The number of hydrogen-bond acceptors (Lipinski definition) is 3. The van der Waals surface area contributed by atoms with Crippen molar-refractivity contribution in [2.75, 3.05) is 30.4 Å². The van der Waals surface area contributed by atoms with Gasteiger partial charge >= 0.3 is 0 Å². The van der Waals surface area contributed by atoms with Gasteiger partial charge in [0.15, 0.2) is 0 Å². The van der Waals surface area contributed by atoms with Gasteiger partial charge in [0, 0.05) is 30.0 Å². The van der Waals surface area contributed by atoms with Gasteiger partial charge in [-0.15, -0.1) is 0 Å². The Labute approximate surface area is 128 Å². The molecule has 1 saturated heterocycles. The number of methoxy groups -OCH3 is 1. The number of rotatable bonds is 3. The zero-order chi connectivity index (χ0) is 13.9. The molecule has 0 atom stereocenters. The molecule has 0 aliphatic carbocycles. The van der Waals surface area contributed by atoms with Gasteiger partial charge in [0.25, 0.3) is 0 Å². The Morgan fingerprint density at radius 3 is 2.80 bits per heavy atom. The van der Waals surface area contributed by atoms with Crippen LogP contribution in [-0.4, -0.2) is 30.5 Å². The highest BCUT2D eigenvalue weighted by molar-refractivity contribution is 9.09. The molecule has 2 aromatic rings. The second-order valence-corrected chi connectivity index (χ2v) is 5.95. The Hall–Kier alpha value is -1.29. The summed E-state index contributed by atoms with van der Waals surface area (Å²) in [6, 6.07) is 8.25. The zero-order valence-electron chi connectivity index (χ0n) is 11.7. The summed E-state index contributed by atoms with van der Waals surface area (Å²) >= 11 is 3.59. The Kier molecular flexibility index (Phi) is 4.10. The van der Waals surface area contributed by atoms with Crippen molar-refractivity contribution < 1.29 is 4.74 Å².